The highest BCUT2D eigenvalue weighted by molar-refractivity contribution is 7.90. The Morgan fingerprint density at radius 2 is 2.16 bits per heavy atom. The number of aromatic hydroxyl groups is 1. The fourth-order valence-electron chi connectivity index (χ4n) is 1.80. The normalized spacial score (nSPS) is 17.8. The number of fused-ring (bicyclic) bond motifs is 1. The van der Waals surface area contributed by atoms with Crippen LogP contribution in [-0.2, 0) is 14.8 Å². The minimum atomic E-state index is -4.00. The second kappa shape index (κ2) is 4.54. The van der Waals surface area contributed by atoms with Gasteiger partial charge in [0.2, 0.25) is 0 Å². The third kappa shape index (κ3) is 2.39. The lowest BCUT2D eigenvalue weighted by atomic mass is 10.1. The number of amidine groups is 1. The molecule has 102 valence electrons. The lowest BCUT2D eigenvalue weighted by molar-refractivity contribution is -0.139. The molecule has 1 aromatic rings. The van der Waals surface area contributed by atoms with E-state index in [9.17, 15) is 18.3 Å². The summed E-state index contributed by atoms with van der Waals surface area (Å²) in [5, 5.41) is 21.0. The number of benzene rings is 1. The predicted octanol–water partition coefficient (Wildman–Crippen LogP) is 1.02. The Balaban J connectivity index is 2.54. The van der Waals surface area contributed by atoms with Gasteiger partial charge < -0.3 is 15.5 Å². The Morgan fingerprint density at radius 3 is 2.74 bits per heavy atom. The Morgan fingerprint density at radius 1 is 1.47 bits per heavy atom. The van der Waals surface area contributed by atoms with Gasteiger partial charge in [-0.3, -0.25) is 4.79 Å². The lowest BCUT2D eigenvalue weighted by Gasteiger charge is -2.21. The maximum absolute atomic E-state index is 11.9. The molecule has 2 rings (SSSR count). The summed E-state index contributed by atoms with van der Waals surface area (Å²) < 4.78 is 27.4. The monoisotopic (exact) mass is 284 g/mol. The fourth-order valence-corrected chi connectivity index (χ4v) is 3.00. The summed E-state index contributed by atoms with van der Waals surface area (Å²) in [6.45, 7) is 1.63. The Kier molecular flexibility index (Phi) is 3.19. The molecule has 0 aliphatic carbocycles. The van der Waals surface area contributed by atoms with E-state index in [1.54, 1.807) is 6.92 Å². The van der Waals surface area contributed by atoms with Crippen LogP contribution in [0.15, 0.2) is 27.5 Å². The average molecular weight is 284 g/mol. The molecule has 8 heteroatoms. The first-order valence-corrected chi connectivity index (χ1v) is 6.97. The molecular weight excluding hydrogens is 272 g/mol. The molecule has 1 heterocycles. The summed E-state index contributed by atoms with van der Waals surface area (Å²) in [4.78, 5) is 10.9. The number of hydrogen-bond acceptors (Lipinski definition) is 5. The quantitative estimate of drug-likeness (QED) is 0.713. The number of anilines is 1. The molecule has 19 heavy (non-hydrogen) atoms. The van der Waals surface area contributed by atoms with E-state index >= 15 is 0 Å². The zero-order valence-electron chi connectivity index (χ0n) is 9.99. The summed E-state index contributed by atoms with van der Waals surface area (Å²) in [5.41, 5.74) is 0.211. The predicted molar refractivity (Wildman–Crippen MR) is 67.8 cm³/mol. The number of carboxylic acids is 1. The van der Waals surface area contributed by atoms with E-state index in [1.807, 2.05) is 0 Å². The van der Waals surface area contributed by atoms with Gasteiger partial charge in [0.25, 0.3) is 10.0 Å². The largest absolute Gasteiger partial charge is 0.508 e. The second-order valence-corrected chi connectivity index (χ2v) is 5.63. The summed E-state index contributed by atoms with van der Waals surface area (Å²) in [7, 11) is -4.00. The number of rotatable bonds is 3. The lowest BCUT2D eigenvalue weighted by Crippen LogP contribution is -2.33. The van der Waals surface area contributed by atoms with Crippen molar-refractivity contribution in [2.24, 2.45) is 10.3 Å². The molecule has 0 radical (unpaired) electrons. The number of carbonyl (C=O) groups is 1. The van der Waals surface area contributed by atoms with Gasteiger partial charge in [-0.15, -0.1) is 4.40 Å². The summed E-state index contributed by atoms with van der Waals surface area (Å²) in [5.74, 6) is -2.48. The Labute approximate surface area is 109 Å². The van der Waals surface area contributed by atoms with Crippen molar-refractivity contribution in [1.29, 1.82) is 0 Å². The first-order chi connectivity index (χ1) is 8.85. The molecule has 0 bridgehead atoms. The van der Waals surface area contributed by atoms with E-state index in [0.29, 0.717) is 0 Å². The molecule has 0 aromatic heterocycles. The highest BCUT2D eigenvalue weighted by Gasteiger charge is 2.31. The molecule has 1 aromatic carbocycles. The molecule has 1 atom stereocenters. The number of phenolic OH excluding ortho intramolecular Hbond substituents is 1. The van der Waals surface area contributed by atoms with Crippen LogP contribution in [0.3, 0.4) is 0 Å². The minimum Gasteiger partial charge on any atom is -0.508 e. The summed E-state index contributed by atoms with van der Waals surface area (Å²) >= 11 is 0. The zero-order valence-corrected chi connectivity index (χ0v) is 10.8. The molecule has 7 nitrogen and oxygen atoms in total. The first kappa shape index (κ1) is 13.3. The van der Waals surface area contributed by atoms with Crippen molar-refractivity contribution in [3.8, 4) is 5.75 Å². The van der Waals surface area contributed by atoms with Gasteiger partial charge >= 0.3 is 5.97 Å². The van der Waals surface area contributed by atoms with Crippen LogP contribution in [0.2, 0.25) is 0 Å². The van der Waals surface area contributed by atoms with Crippen LogP contribution in [0, 0.1) is 5.92 Å². The third-order valence-corrected chi connectivity index (χ3v) is 4.09. The minimum absolute atomic E-state index is 0.117. The summed E-state index contributed by atoms with van der Waals surface area (Å²) in [6.07, 6.45) is 0.212. The van der Waals surface area contributed by atoms with Crippen LogP contribution >= 0.6 is 0 Å². The number of phenols is 1. The highest BCUT2D eigenvalue weighted by Crippen LogP contribution is 2.31. The standard InChI is InChI=1S/C11H12N2O5S/c1-2-7(11(15)16)10-12-8-4-3-6(14)5-9(8)19(17,18)13-10/h3-5,7,14H,2H2,1H3,(H,12,13)(H,15,16). The number of aliphatic carboxylic acids is 1. The topological polar surface area (TPSA) is 116 Å². The highest BCUT2D eigenvalue weighted by atomic mass is 32.2. The van der Waals surface area contributed by atoms with Crippen molar-refractivity contribution in [1.82, 2.24) is 0 Å². The SMILES string of the molecule is CCC(C(=O)O)C1=NS(=O)(=O)c2cc(O)ccc2N1. The van der Waals surface area contributed by atoms with E-state index in [-0.39, 0.29) is 28.6 Å². The van der Waals surface area contributed by atoms with Crippen LogP contribution in [0.4, 0.5) is 5.69 Å². The van der Waals surface area contributed by atoms with E-state index in [1.165, 1.54) is 12.1 Å². The molecule has 0 saturated carbocycles. The van der Waals surface area contributed by atoms with Crippen molar-refractivity contribution in [2.75, 3.05) is 5.32 Å². The van der Waals surface area contributed by atoms with Crippen LogP contribution in [-0.4, -0.2) is 30.4 Å². The molecule has 0 fully saturated rings. The molecule has 1 aliphatic rings. The molecule has 0 amide bonds. The molecule has 0 spiro atoms. The van der Waals surface area contributed by atoms with Gasteiger partial charge in [-0.05, 0) is 18.6 Å². The van der Waals surface area contributed by atoms with E-state index in [4.69, 9.17) is 5.11 Å². The van der Waals surface area contributed by atoms with Crippen LogP contribution in [0.5, 0.6) is 5.75 Å². The molecule has 0 saturated heterocycles. The van der Waals surface area contributed by atoms with Crippen molar-refractivity contribution < 1.29 is 23.4 Å². The summed E-state index contributed by atoms with van der Waals surface area (Å²) in [6, 6.07) is 3.75. The zero-order chi connectivity index (χ0) is 14.2. The van der Waals surface area contributed by atoms with Gasteiger partial charge in [0, 0.05) is 6.07 Å². The number of sulfonamides is 1. The van der Waals surface area contributed by atoms with Crippen molar-refractivity contribution in [3.05, 3.63) is 18.2 Å². The fraction of sp³-hybridized carbons (Fsp3) is 0.273. The van der Waals surface area contributed by atoms with Gasteiger partial charge in [-0.2, -0.15) is 8.42 Å². The number of hydrogen-bond donors (Lipinski definition) is 3. The molecular formula is C11H12N2O5S. The maximum atomic E-state index is 11.9. The molecule has 1 unspecified atom stereocenters. The van der Waals surface area contributed by atoms with Crippen LogP contribution in [0.25, 0.3) is 0 Å². The Hall–Kier alpha value is -2.09. The van der Waals surface area contributed by atoms with E-state index in [2.05, 4.69) is 9.71 Å². The maximum Gasteiger partial charge on any atom is 0.314 e. The number of carboxylic acid groups (broad SMARTS) is 1. The van der Waals surface area contributed by atoms with Gasteiger partial charge in [-0.25, -0.2) is 0 Å². The van der Waals surface area contributed by atoms with Gasteiger partial charge in [0.15, 0.2) is 0 Å². The van der Waals surface area contributed by atoms with E-state index < -0.39 is 21.9 Å². The second-order valence-electron chi connectivity index (χ2n) is 4.06. The van der Waals surface area contributed by atoms with Crippen molar-refractivity contribution in [3.63, 3.8) is 0 Å². The third-order valence-electron chi connectivity index (χ3n) is 2.76. The Bertz CT molecular complexity index is 666. The van der Waals surface area contributed by atoms with E-state index in [0.717, 1.165) is 6.07 Å². The first-order valence-electron chi connectivity index (χ1n) is 5.53. The van der Waals surface area contributed by atoms with Gasteiger partial charge in [-0.1, -0.05) is 6.92 Å². The smallest absolute Gasteiger partial charge is 0.314 e. The number of nitrogens with one attached hydrogen (secondary N) is 1. The van der Waals surface area contributed by atoms with Gasteiger partial charge in [0.05, 0.1) is 5.69 Å². The molecule has 3 N–H and O–H groups in total. The van der Waals surface area contributed by atoms with Crippen molar-refractivity contribution in [2.45, 2.75) is 18.2 Å². The van der Waals surface area contributed by atoms with Crippen LogP contribution in [0.1, 0.15) is 13.3 Å². The molecule has 1 aliphatic heterocycles. The van der Waals surface area contributed by atoms with Crippen molar-refractivity contribution >= 4 is 27.5 Å². The number of nitrogens with zero attached hydrogens (tertiary/aromatic N) is 1. The average Bonchev–Trinajstić information content (AvgIpc) is 2.30. The van der Waals surface area contributed by atoms with Gasteiger partial charge in [0.1, 0.15) is 22.4 Å². The van der Waals surface area contributed by atoms with Crippen LogP contribution < -0.4 is 5.32 Å².